The monoisotopic (exact) mass is 577 g/mol. The largest absolute Gasteiger partial charge is 0.396 e. The van der Waals surface area contributed by atoms with Crippen molar-refractivity contribution in [1.82, 2.24) is 19.8 Å². The molecule has 7 nitrogen and oxygen atoms in total. The fourth-order valence-corrected chi connectivity index (χ4v) is 6.08. The van der Waals surface area contributed by atoms with Crippen LogP contribution in [0.4, 0.5) is 0 Å². The van der Waals surface area contributed by atoms with Crippen LogP contribution in [-0.2, 0) is 4.84 Å². The molecule has 0 spiro atoms. The van der Waals surface area contributed by atoms with E-state index in [1.807, 2.05) is 30.9 Å². The molecule has 0 saturated carbocycles. The number of carbonyl (C=O) groups is 1. The van der Waals surface area contributed by atoms with Crippen LogP contribution in [0.25, 0.3) is 10.9 Å². The number of aryl methyl sites for hydroxylation is 1. The summed E-state index contributed by atoms with van der Waals surface area (Å²) < 4.78 is 1.06. The van der Waals surface area contributed by atoms with Gasteiger partial charge in [-0.1, -0.05) is 33.2 Å². The molecule has 0 radical (unpaired) electrons. The van der Waals surface area contributed by atoms with E-state index in [1.54, 1.807) is 12.4 Å². The molecule has 2 fully saturated rings. The van der Waals surface area contributed by atoms with Crippen LogP contribution in [0, 0.1) is 12.8 Å². The maximum absolute atomic E-state index is 13.4. The number of halogens is 1. The Bertz CT molecular complexity index is 1310. The minimum atomic E-state index is 0.0767. The van der Waals surface area contributed by atoms with Gasteiger partial charge in [-0.2, -0.15) is 0 Å². The molecule has 0 atom stereocenters. The van der Waals surface area contributed by atoms with Gasteiger partial charge in [-0.25, -0.2) is 0 Å². The van der Waals surface area contributed by atoms with Gasteiger partial charge in [0.15, 0.2) is 0 Å². The van der Waals surface area contributed by atoms with Crippen LogP contribution in [0.1, 0.15) is 61.1 Å². The fraction of sp³-hybridized carbons (Fsp3) is 0.467. The number of oxime groups is 1. The zero-order valence-electron chi connectivity index (χ0n) is 22.5. The molecule has 0 N–H and O–H groups in total. The highest BCUT2D eigenvalue weighted by Crippen LogP contribution is 2.34. The molecule has 2 aliphatic heterocycles. The summed E-state index contributed by atoms with van der Waals surface area (Å²) in [6, 6.07) is 12.2. The first-order chi connectivity index (χ1) is 18.4. The van der Waals surface area contributed by atoms with Gasteiger partial charge in [-0.15, -0.1) is 0 Å². The minimum absolute atomic E-state index is 0.0767. The fourth-order valence-electron chi connectivity index (χ4n) is 5.82. The number of amides is 1. The molecular weight excluding hydrogens is 542 g/mol. The van der Waals surface area contributed by atoms with Crippen molar-refractivity contribution in [1.29, 1.82) is 0 Å². The Labute approximate surface area is 233 Å². The lowest BCUT2D eigenvalue weighted by atomic mass is 9.82. The van der Waals surface area contributed by atoms with E-state index in [2.05, 4.69) is 67.1 Å². The van der Waals surface area contributed by atoms with Crippen molar-refractivity contribution in [2.24, 2.45) is 11.1 Å². The van der Waals surface area contributed by atoms with E-state index in [1.165, 1.54) is 0 Å². The van der Waals surface area contributed by atoms with Crippen LogP contribution in [0.2, 0.25) is 0 Å². The number of pyridine rings is 2. The lowest BCUT2D eigenvalue weighted by Crippen LogP contribution is -2.56. The molecular formula is C30H36BrN5O2. The van der Waals surface area contributed by atoms with Gasteiger partial charge < -0.3 is 9.74 Å². The number of piperidine rings is 2. The summed E-state index contributed by atoms with van der Waals surface area (Å²) >= 11 is 3.53. The van der Waals surface area contributed by atoms with Gasteiger partial charge in [0.1, 0.15) is 6.61 Å². The van der Waals surface area contributed by atoms with Crippen molar-refractivity contribution in [3.05, 3.63) is 70.1 Å². The quantitative estimate of drug-likeness (QED) is 0.271. The predicted octanol–water partition coefficient (Wildman–Crippen LogP) is 5.85. The van der Waals surface area contributed by atoms with Crippen LogP contribution >= 0.6 is 15.9 Å². The molecule has 1 aromatic carbocycles. The third kappa shape index (κ3) is 5.61. The van der Waals surface area contributed by atoms with Gasteiger partial charge in [0, 0.05) is 46.8 Å². The van der Waals surface area contributed by atoms with Crippen LogP contribution in [-0.4, -0.2) is 69.7 Å². The Morgan fingerprint density at radius 1 is 1.13 bits per heavy atom. The first-order valence-corrected chi connectivity index (χ1v) is 14.4. The van der Waals surface area contributed by atoms with E-state index in [4.69, 9.17) is 4.84 Å². The topological polar surface area (TPSA) is 70.9 Å². The maximum Gasteiger partial charge on any atom is 0.255 e. The smallest absolute Gasteiger partial charge is 0.255 e. The molecule has 0 bridgehead atoms. The number of hydrogen-bond acceptors (Lipinski definition) is 6. The highest BCUT2D eigenvalue weighted by atomic mass is 79.9. The second kappa shape index (κ2) is 11.5. The van der Waals surface area contributed by atoms with Crippen LogP contribution in [0.3, 0.4) is 0 Å². The van der Waals surface area contributed by atoms with E-state index >= 15 is 0 Å². The SMILES string of the molecule is CCO/N=C(/c1ccc(Br)cc1)C1CCN(C2(C)CCN(C(=O)c3cc4cnccc4nc3C)CC2)CC1. The summed E-state index contributed by atoms with van der Waals surface area (Å²) in [5, 5.41) is 5.44. The Hall–Kier alpha value is -2.84. The number of aromatic nitrogens is 2. The van der Waals surface area contributed by atoms with Crippen molar-refractivity contribution in [2.45, 2.75) is 52.0 Å². The number of hydrogen-bond donors (Lipinski definition) is 0. The molecule has 5 rings (SSSR count). The average molecular weight is 579 g/mol. The van der Waals surface area contributed by atoms with E-state index in [-0.39, 0.29) is 11.4 Å². The average Bonchev–Trinajstić information content (AvgIpc) is 2.94. The van der Waals surface area contributed by atoms with Crippen LogP contribution in [0.15, 0.2) is 58.4 Å². The number of carbonyl (C=O) groups excluding carboxylic acids is 1. The Kier molecular flexibility index (Phi) is 8.09. The molecule has 3 aromatic rings. The highest BCUT2D eigenvalue weighted by Gasteiger charge is 2.39. The van der Waals surface area contributed by atoms with Crippen molar-refractivity contribution in [3.63, 3.8) is 0 Å². The highest BCUT2D eigenvalue weighted by molar-refractivity contribution is 9.10. The zero-order valence-corrected chi connectivity index (χ0v) is 24.1. The maximum atomic E-state index is 13.4. The number of rotatable bonds is 6. The molecule has 0 unspecified atom stereocenters. The van der Waals surface area contributed by atoms with Crippen molar-refractivity contribution in [3.8, 4) is 0 Å². The molecule has 4 heterocycles. The molecule has 1 amide bonds. The Balaban J connectivity index is 1.21. The first kappa shape index (κ1) is 26.8. The summed E-state index contributed by atoms with van der Waals surface area (Å²) in [5.74, 6) is 0.454. The Morgan fingerprint density at radius 3 is 2.53 bits per heavy atom. The van der Waals surface area contributed by atoms with Gasteiger partial charge >= 0.3 is 0 Å². The van der Waals surface area contributed by atoms with E-state index in [0.717, 1.165) is 84.2 Å². The number of benzene rings is 1. The second-order valence-corrected chi connectivity index (χ2v) is 11.6. The Morgan fingerprint density at radius 2 is 1.84 bits per heavy atom. The summed E-state index contributed by atoms with van der Waals surface area (Å²) in [6.07, 6.45) is 7.55. The molecule has 0 aliphatic carbocycles. The standard InChI is InChI=1S/C30H36BrN5O2/c1-4-38-34-28(22-5-7-25(31)8-6-22)23-10-15-36(16-11-23)30(3)12-17-35(18-13-30)29(37)26-19-24-20-32-14-9-27(24)33-21(26)2/h5-9,14,19-20,23H,4,10-13,15-18H2,1-3H3/b34-28-. The molecule has 38 heavy (non-hydrogen) atoms. The van der Waals surface area contributed by atoms with Gasteiger partial charge in [0.25, 0.3) is 5.91 Å². The van der Waals surface area contributed by atoms with Gasteiger partial charge in [0.2, 0.25) is 0 Å². The molecule has 8 heteroatoms. The molecule has 2 saturated heterocycles. The summed E-state index contributed by atoms with van der Waals surface area (Å²) in [4.78, 5) is 32.4. The van der Waals surface area contributed by atoms with Crippen molar-refractivity contribution in [2.75, 3.05) is 32.8 Å². The normalized spacial score (nSPS) is 19.1. The van der Waals surface area contributed by atoms with Crippen LogP contribution < -0.4 is 0 Å². The molecule has 200 valence electrons. The number of fused-ring (bicyclic) bond motifs is 1. The van der Waals surface area contributed by atoms with Crippen molar-refractivity contribution >= 4 is 38.5 Å². The summed E-state index contributed by atoms with van der Waals surface area (Å²) in [6.45, 7) is 10.4. The second-order valence-electron chi connectivity index (χ2n) is 10.6. The van der Waals surface area contributed by atoms with E-state index in [9.17, 15) is 4.79 Å². The first-order valence-electron chi connectivity index (χ1n) is 13.6. The minimum Gasteiger partial charge on any atom is -0.396 e. The zero-order chi connectivity index (χ0) is 26.7. The van der Waals surface area contributed by atoms with Gasteiger partial charge in [0.05, 0.1) is 22.5 Å². The van der Waals surface area contributed by atoms with Gasteiger partial charge in [-0.3, -0.25) is 19.7 Å². The third-order valence-corrected chi connectivity index (χ3v) is 8.77. The lowest BCUT2D eigenvalue weighted by molar-refractivity contribution is 0.0161. The number of likely N-dealkylation sites (tertiary alicyclic amines) is 2. The summed E-state index contributed by atoms with van der Waals surface area (Å²) in [7, 11) is 0. The van der Waals surface area contributed by atoms with Gasteiger partial charge in [-0.05, 0) is 89.4 Å². The lowest BCUT2D eigenvalue weighted by Gasteiger charge is -2.49. The number of nitrogens with zero attached hydrogens (tertiary/aromatic N) is 5. The molecule has 2 aliphatic rings. The summed E-state index contributed by atoms with van der Waals surface area (Å²) in [5.41, 5.74) is 4.62. The van der Waals surface area contributed by atoms with E-state index < -0.39 is 0 Å². The van der Waals surface area contributed by atoms with E-state index in [0.29, 0.717) is 18.1 Å². The molecule has 2 aromatic heterocycles. The predicted molar refractivity (Wildman–Crippen MR) is 154 cm³/mol. The van der Waals surface area contributed by atoms with Crippen LogP contribution in [0.5, 0.6) is 0 Å². The van der Waals surface area contributed by atoms with Crippen molar-refractivity contribution < 1.29 is 9.63 Å². The third-order valence-electron chi connectivity index (χ3n) is 8.24.